The molecule has 2 aromatic rings. The number of aromatic nitrogens is 2. The zero-order valence-corrected chi connectivity index (χ0v) is 12.3. The van der Waals surface area contributed by atoms with Crippen molar-refractivity contribution in [2.24, 2.45) is 0 Å². The summed E-state index contributed by atoms with van der Waals surface area (Å²) in [4.78, 5) is 16.3. The maximum atomic E-state index is 12.2. The van der Waals surface area contributed by atoms with Crippen molar-refractivity contribution in [3.8, 4) is 0 Å². The normalized spacial score (nSPS) is 14.4. The van der Waals surface area contributed by atoms with Gasteiger partial charge >= 0.3 is 0 Å². The van der Waals surface area contributed by atoms with E-state index in [1.807, 2.05) is 10.8 Å². The molecule has 1 aliphatic carbocycles. The monoisotopic (exact) mass is 339 g/mol. The summed E-state index contributed by atoms with van der Waals surface area (Å²) in [6.07, 6.45) is 5.62. The largest absolute Gasteiger partial charge is 0.339 e. The van der Waals surface area contributed by atoms with Gasteiger partial charge in [-0.1, -0.05) is 11.6 Å². The lowest BCUT2D eigenvalue weighted by Gasteiger charge is -2.08. The molecule has 0 aliphatic heterocycles. The van der Waals surface area contributed by atoms with E-state index in [-0.39, 0.29) is 5.91 Å². The molecule has 98 valence electrons. The minimum absolute atomic E-state index is 0.164. The van der Waals surface area contributed by atoms with Crippen LogP contribution in [-0.4, -0.2) is 15.5 Å². The van der Waals surface area contributed by atoms with Gasteiger partial charge in [-0.05, 0) is 47.0 Å². The SMILES string of the molecule is O=C(Nc1ccc(Br)nc1)c1cc(Cl)cn1C1CC1. The molecule has 0 unspecified atom stereocenters. The van der Waals surface area contributed by atoms with E-state index in [2.05, 4.69) is 26.2 Å². The molecule has 1 amide bonds. The molecule has 2 heterocycles. The third-order valence-corrected chi connectivity index (χ3v) is 3.65. The molecular formula is C13H11BrClN3O. The summed E-state index contributed by atoms with van der Waals surface area (Å²) < 4.78 is 2.68. The summed E-state index contributed by atoms with van der Waals surface area (Å²) in [6, 6.07) is 5.68. The molecule has 0 saturated heterocycles. The molecule has 6 heteroatoms. The van der Waals surface area contributed by atoms with Crippen LogP contribution in [0.4, 0.5) is 5.69 Å². The van der Waals surface area contributed by atoms with Crippen LogP contribution < -0.4 is 5.32 Å². The highest BCUT2D eigenvalue weighted by atomic mass is 79.9. The number of hydrogen-bond donors (Lipinski definition) is 1. The molecule has 2 aromatic heterocycles. The lowest BCUT2D eigenvalue weighted by atomic mass is 10.3. The Bertz CT molecular complexity index is 619. The molecule has 0 atom stereocenters. The van der Waals surface area contributed by atoms with Crippen LogP contribution in [0, 0.1) is 0 Å². The Morgan fingerprint density at radius 3 is 2.89 bits per heavy atom. The lowest BCUT2D eigenvalue weighted by molar-refractivity contribution is 0.101. The van der Waals surface area contributed by atoms with E-state index in [1.165, 1.54) is 0 Å². The highest BCUT2D eigenvalue weighted by Crippen LogP contribution is 2.37. The number of rotatable bonds is 3. The van der Waals surface area contributed by atoms with Crippen LogP contribution in [0.25, 0.3) is 0 Å². The van der Waals surface area contributed by atoms with Crippen molar-refractivity contribution in [3.05, 3.63) is 45.9 Å². The third kappa shape index (κ3) is 2.82. The van der Waals surface area contributed by atoms with Crippen molar-refractivity contribution in [1.29, 1.82) is 0 Å². The van der Waals surface area contributed by atoms with Crippen molar-refractivity contribution in [2.75, 3.05) is 5.32 Å². The quantitative estimate of drug-likeness (QED) is 0.862. The van der Waals surface area contributed by atoms with E-state index >= 15 is 0 Å². The fourth-order valence-corrected chi connectivity index (χ4v) is 2.37. The van der Waals surface area contributed by atoms with E-state index in [1.54, 1.807) is 24.4 Å². The molecule has 0 bridgehead atoms. The van der Waals surface area contributed by atoms with Crippen molar-refractivity contribution in [3.63, 3.8) is 0 Å². The zero-order chi connectivity index (χ0) is 13.4. The van der Waals surface area contributed by atoms with E-state index in [0.717, 1.165) is 17.4 Å². The molecule has 3 rings (SSSR count). The van der Waals surface area contributed by atoms with Gasteiger partial charge in [0.05, 0.1) is 16.9 Å². The van der Waals surface area contributed by atoms with Gasteiger partial charge in [0, 0.05) is 12.2 Å². The Morgan fingerprint density at radius 2 is 2.26 bits per heavy atom. The van der Waals surface area contributed by atoms with Crippen molar-refractivity contribution in [2.45, 2.75) is 18.9 Å². The molecule has 0 spiro atoms. The van der Waals surface area contributed by atoms with Gasteiger partial charge in [-0.25, -0.2) is 4.98 Å². The number of nitrogens with one attached hydrogen (secondary N) is 1. The maximum Gasteiger partial charge on any atom is 0.272 e. The molecule has 1 N–H and O–H groups in total. The van der Waals surface area contributed by atoms with Crippen molar-refractivity contribution >= 4 is 39.1 Å². The molecule has 1 fully saturated rings. The summed E-state index contributed by atoms with van der Waals surface area (Å²) in [5.41, 5.74) is 1.25. The Morgan fingerprint density at radius 1 is 1.47 bits per heavy atom. The predicted molar refractivity (Wildman–Crippen MR) is 77.6 cm³/mol. The fraction of sp³-hybridized carbons (Fsp3) is 0.231. The summed E-state index contributed by atoms with van der Waals surface area (Å²) in [7, 11) is 0. The van der Waals surface area contributed by atoms with E-state index in [0.29, 0.717) is 22.4 Å². The number of pyridine rings is 1. The molecule has 1 saturated carbocycles. The second kappa shape index (κ2) is 4.98. The van der Waals surface area contributed by atoms with Gasteiger partial charge in [-0.2, -0.15) is 0 Å². The molecule has 19 heavy (non-hydrogen) atoms. The zero-order valence-electron chi connectivity index (χ0n) is 9.94. The second-order valence-corrected chi connectivity index (χ2v) is 5.75. The Kier molecular flexibility index (Phi) is 3.33. The first kappa shape index (κ1) is 12.7. The first-order chi connectivity index (χ1) is 9.13. The molecule has 4 nitrogen and oxygen atoms in total. The maximum absolute atomic E-state index is 12.2. The smallest absolute Gasteiger partial charge is 0.272 e. The fourth-order valence-electron chi connectivity index (χ4n) is 1.93. The lowest BCUT2D eigenvalue weighted by Crippen LogP contribution is -2.16. The first-order valence-electron chi connectivity index (χ1n) is 5.94. The van der Waals surface area contributed by atoms with Crippen LogP contribution in [0.2, 0.25) is 5.02 Å². The number of anilines is 1. The average Bonchev–Trinajstić information content (AvgIpc) is 3.15. The highest BCUT2D eigenvalue weighted by Gasteiger charge is 2.27. The number of carbonyl (C=O) groups excluding carboxylic acids is 1. The Balaban J connectivity index is 1.82. The number of carbonyl (C=O) groups is 1. The summed E-state index contributed by atoms with van der Waals surface area (Å²) in [5, 5.41) is 3.41. The number of hydrogen-bond acceptors (Lipinski definition) is 2. The molecule has 1 aliphatic rings. The van der Waals surface area contributed by atoms with Gasteiger partial charge in [0.2, 0.25) is 0 Å². The summed E-state index contributed by atoms with van der Waals surface area (Å²) in [5.74, 6) is -0.164. The van der Waals surface area contributed by atoms with Crippen LogP contribution in [-0.2, 0) is 0 Å². The number of amides is 1. The predicted octanol–water partition coefficient (Wildman–Crippen LogP) is 3.89. The summed E-state index contributed by atoms with van der Waals surface area (Å²) >= 11 is 9.24. The Labute approximate surface area is 123 Å². The van der Waals surface area contributed by atoms with E-state index in [4.69, 9.17) is 11.6 Å². The Hall–Kier alpha value is -1.33. The molecule has 0 aromatic carbocycles. The van der Waals surface area contributed by atoms with Gasteiger partial charge < -0.3 is 9.88 Å². The minimum Gasteiger partial charge on any atom is -0.339 e. The van der Waals surface area contributed by atoms with Crippen LogP contribution in [0.1, 0.15) is 29.4 Å². The van der Waals surface area contributed by atoms with Gasteiger partial charge in [-0.15, -0.1) is 0 Å². The van der Waals surface area contributed by atoms with Crippen molar-refractivity contribution in [1.82, 2.24) is 9.55 Å². The third-order valence-electron chi connectivity index (χ3n) is 2.97. The minimum atomic E-state index is -0.164. The van der Waals surface area contributed by atoms with E-state index in [9.17, 15) is 4.79 Å². The molecule has 0 radical (unpaired) electrons. The first-order valence-corrected chi connectivity index (χ1v) is 7.11. The van der Waals surface area contributed by atoms with Crippen LogP contribution >= 0.6 is 27.5 Å². The summed E-state index contributed by atoms with van der Waals surface area (Å²) in [6.45, 7) is 0. The van der Waals surface area contributed by atoms with Gasteiger partial charge in [-0.3, -0.25) is 4.79 Å². The van der Waals surface area contributed by atoms with Gasteiger partial charge in [0.25, 0.3) is 5.91 Å². The second-order valence-electron chi connectivity index (χ2n) is 4.51. The molecular weight excluding hydrogens is 330 g/mol. The standard InChI is InChI=1S/C13H11BrClN3O/c14-12-4-1-9(6-16-12)17-13(19)11-5-8(15)7-18(11)10-2-3-10/h1,4-7,10H,2-3H2,(H,17,19). The van der Waals surface area contributed by atoms with Crippen LogP contribution in [0.15, 0.2) is 35.2 Å². The van der Waals surface area contributed by atoms with Crippen LogP contribution in [0.3, 0.4) is 0 Å². The van der Waals surface area contributed by atoms with Crippen LogP contribution in [0.5, 0.6) is 0 Å². The highest BCUT2D eigenvalue weighted by molar-refractivity contribution is 9.10. The number of nitrogens with zero attached hydrogens (tertiary/aromatic N) is 2. The van der Waals surface area contributed by atoms with Crippen molar-refractivity contribution < 1.29 is 4.79 Å². The van der Waals surface area contributed by atoms with Gasteiger partial charge in [0.15, 0.2) is 0 Å². The topological polar surface area (TPSA) is 46.9 Å². The van der Waals surface area contributed by atoms with E-state index < -0.39 is 0 Å². The van der Waals surface area contributed by atoms with Gasteiger partial charge in [0.1, 0.15) is 10.3 Å². The number of halogens is 2. The average molecular weight is 341 g/mol.